The molecule has 6 nitrogen and oxygen atoms in total. The van der Waals surface area contributed by atoms with Crippen molar-refractivity contribution < 1.29 is 4.92 Å². The van der Waals surface area contributed by atoms with Crippen molar-refractivity contribution in [2.45, 2.75) is 25.4 Å². The van der Waals surface area contributed by atoms with Gasteiger partial charge in [-0.15, -0.1) is 0 Å². The minimum atomic E-state index is -0.663. The number of nitro groups is 1. The van der Waals surface area contributed by atoms with Gasteiger partial charge in [0.15, 0.2) is 0 Å². The number of pyridine rings is 1. The average Bonchev–Trinajstić information content (AvgIpc) is 3.12. The highest BCUT2D eigenvalue weighted by molar-refractivity contribution is 5.25. The maximum atomic E-state index is 11.2. The molecule has 1 fully saturated rings. The van der Waals surface area contributed by atoms with Crippen molar-refractivity contribution in [2.24, 2.45) is 0 Å². The number of rotatable bonds is 6. The Morgan fingerprint density at radius 1 is 1.61 bits per heavy atom. The Kier molecular flexibility index (Phi) is 3.57. The van der Waals surface area contributed by atoms with E-state index in [2.05, 4.69) is 11.9 Å². The molecule has 0 unspecified atom stereocenters. The van der Waals surface area contributed by atoms with Gasteiger partial charge >= 0.3 is 5.69 Å². The summed E-state index contributed by atoms with van der Waals surface area (Å²) in [5, 5.41) is 14.0. The molecule has 96 valence electrons. The van der Waals surface area contributed by atoms with Crippen molar-refractivity contribution >= 4 is 5.69 Å². The highest BCUT2D eigenvalue weighted by Gasteiger charge is 2.20. The minimum Gasteiger partial charge on any atom is -0.344 e. The van der Waals surface area contributed by atoms with Gasteiger partial charge in [-0.1, -0.05) is 6.58 Å². The van der Waals surface area contributed by atoms with Crippen LogP contribution >= 0.6 is 0 Å². The Labute approximate surface area is 104 Å². The van der Waals surface area contributed by atoms with Gasteiger partial charge in [-0.25, -0.2) is 0 Å². The zero-order valence-corrected chi connectivity index (χ0v) is 9.96. The summed E-state index contributed by atoms with van der Waals surface area (Å²) >= 11 is 0. The van der Waals surface area contributed by atoms with Gasteiger partial charge in [0, 0.05) is 31.4 Å². The van der Waals surface area contributed by atoms with E-state index in [1.54, 1.807) is 4.57 Å². The van der Waals surface area contributed by atoms with Gasteiger partial charge in [-0.3, -0.25) is 14.9 Å². The molecular formula is C12H15N3O3. The van der Waals surface area contributed by atoms with Crippen molar-refractivity contribution in [3.63, 3.8) is 0 Å². The third-order valence-corrected chi connectivity index (χ3v) is 2.78. The van der Waals surface area contributed by atoms with Crippen LogP contribution in [0.15, 0.2) is 35.4 Å². The maximum Gasteiger partial charge on any atom is 0.332 e. The lowest BCUT2D eigenvalue weighted by Gasteiger charge is -2.09. The summed E-state index contributed by atoms with van der Waals surface area (Å²) in [6, 6.07) is 1.81. The van der Waals surface area contributed by atoms with Crippen LogP contribution in [0.4, 0.5) is 5.69 Å². The average molecular weight is 249 g/mol. The minimum absolute atomic E-state index is 0.402. The molecule has 0 amide bonds. The molecule has 0 bridgehead atoms. The molecule has 0 aliphatic heterocycles. The highest BCUT2D eigenvalue weighted by Crippen LogP contribution is 2.18. The van der Waals surface area contributed by atoms with Gasteiger partial charge in [-0.05, 0) is 18.4 Å². The van der Waals surface area contributed by atoms with E-state index in [0.29, 0.717) is 19.1 Å². The van der Waals surface area contributed by atoms with Gasteiger partial charge in [0.05, 0.1) is 11.1 Å². The van der Waals surface area contributed by atoms with Crippen molar-refractivity contribution in [1.29, 1.82) is 0 Å². The molecule has 0 radical (unpaired) electrons. The molecule has 1 aromatic rings. The summed E-state index contributed by atoms with van der Waals surface area (Å²) in [7, 11) is 0. The number of hydrogen-bond donors (Lipinski definition) is 1. The van der Waals surface area contributed by atoms with Crippen LogP contribution in [0.25, 0.3) is 0 Å². The monoisotopic (exact) mass is 249 g/mol. The van der Waals surface area contributed by atoms with E-state index < -0.39 is 16.0 Å². The van der Waals surface area contributed by atoms with E-state index in [9.17, 15) is 14.9 Å². The second-order valence-electron chi connectivity index (χ2n) is 4.53. The van der Waals surface area contributed by atoms with Gasteiger partial charge in [-0.2, -0.15) is 0 Å². The van der Waals surface area contributed by atoms with E-state index in [4.69, 9.17) is 0 Å². The Bertz CT molecular complexity index is 532. The van der Waals surface area contributed by atoms with E-state index in [1.165, 1.54) is 31.3 Å². The maximum absolute atomic E-state index is 11.2. The quantitative estimate of drug-likeness (QED) is 0.464. The molecule has 1 aliphatic rings. The summed E-state index contributed by atoms with van der Waals surface area (Å²) in [5.74, 6) is 0. The second kappa shape index (κ2) is 5.14. The predicted octanol–water partition coefficient (Wildman–Crippen LogP) is 1.06. The van der Waals surface area contributed by atoms with Gasteiger partial charge in [0.1, 0.15) is 0 Å². The number of nitrogens with zero attached hydrogens (tertiary/aromatic N) is 2. The number of nitrogens with one attached hydrogen (secondary N) is 1. The first-order chi connectivity index (χ1) is 8.56. The molecule has 1 saturated carbocycles. The summed E-state index contributed by atoms with van der Waals surface area (Å²) in [6.07, 6.45) is 5.20. The first-order valence-electron chi connectivity index (χ1n) is 5.81. The number of hydrogen-bond acceptors (Lipinski definition) is 4. The van der Waals surface area contributed by atoms with Crippen molar-refractivity contribution in [2.75, 3.05) is 6.54 Å². The fourth-order valence-corrected chi connectivity index (χ4v) is 1.64. The van der Waals surface area contributed by atoms with Crippen LogP contribution in [-0.2, 0) is 6.54 Å². The second-order valence-corrected chi connectivity index (χ2v) is 4.53. The molecule has 6 heteroatoms. The highest BCUT2D eigenvalue weighted by atomic mass is 16.6. The molecule has 0 atom stereocenters. The smallest absolute Gasteiger partial charge is 0.332 e. The van der Waals surface area contributed by atoms with Gasteiger partial charge < -0.3 is 9.88 Å². The third kappa shape index (κ3) is 3.27. The Hall–Kier alpha value is -1.95. The molecular weight excluding hydrogens is 234 g/mol. The Balaban J connectivity index is 1.99. The molecule has 2 rings (SSSR count). The SMILES string of the molecule is C=C(CNC1CC1)Cn1ccc(=O)c([N+](=O)[O-])c1. The molecule has 1 heterocycles. The molecule has 0 spiro atoms. The van der Waals surface area contributed by atoms with E-state index >= 15 is 0 Å². The summed E-state index contributed by atoms with van der Waals surface area (Å²) in [6.45, 7) is 5.09. The van der Waals surface area contributed by atoms with Crippen molar-refractivity contribution in [1.82, 2.24) is 9.88 Å². The standard InChI is InChI=1S/C12H15N3O3/c1-9(6-13-10-2-3-10)7-14-5-4-12(16)11(8-14)15(17)18/h4-5,8,10,13H,1-3,6-7H2. The van der Waals surface area contributed by atoms with Crippen LogP contribution in [0, 0.1) is 10.1 Å². The Morgan fingerprint density at radius 3 is 2.94 bits per heavy atom. The molecule has 1 N–H and O–H groups in total. The predicted molar refractivity (Wildman–Crippen MR) is 67.5 cm³/mol. The summed E-state index contributed by atoms with van der Waals surface area (Å²) in [5.41, 5.74) is -0.0433. The molecule has 1 aromatic heterocycles. The van der Waals surface area contributed by atoms with Crippen LogP contribution in [0.3, 0.4) is 0 Å². The Morgan fingerprint density at radius 2 is 2.33 bits per heavy atom. The molecule has 18 heavy (non-hydrogen) atoms. The zero-order valence-electron chi connectivity index (χ0n) is 9.96. The van der Waals surface area contributed by atoms with Crippen LogP contribution in [0.2, 0.25) is 0 Å². The van der Waals surface area contributed by atoms with Crippen LogP contribution in [0.1, 0.15) is 12.8 Å². The van der Waals surface area contributed by atoms with Crippen molar-refractivity contribution in [3.8, 4) is 0 Å². The largest absolute Gasteiger partial charge is 0.344 e. The fraction of sp³-hybridized carbons (Fsp3) is 0.417. The topological polar surface area (TPSA) is 77.2 Å². The summed E-state index contributed by atoms with van der Waals surface area (Å²) in [4.78, 5) is 21.2. The molecule has 0 aromatic carbocycles. The van der Waals surface area contributed by atoms with E-state index in [-0.39, 0.29) is 0 Å². The van der Waals surface area contributed by atoms with Crippen LogP contribution < -0.4 is 10.7 Å². The van der Waals surface area contributed by atoms with Gasteiger partial charge in [0.25, 0.3) is 5.43 Å². The normalized spacial score (nSPS) is 14.4. The summed E-state index contributed by atoms with van der Waals surface area (Å²) < 4.78 is 1.61. The van der Waals surface area contributed by atoms with Crippen molar-refractivity contribution in [3.05, 3.63) is 50.9 Å². The molecule has 0 saturated heterocycles. The lowest BCUT2D eigenvalue weighted by atomic mass is 10.3. The zero-order chi connectivity index (χ0) is 13.1. The van der Waals surface area contributed by atoms with Crippen LogP contribution in [-0.4, -0.2) is 22.1 Å². The first kappa shape index (κ1) is 12.5. The van der Waals surface area contributed by atoms with Crippen LogP contribution in [0.5, 0.6) is 0 Å². The third-order valence-electron chi connectivity index (χ3n) is 2.78. The lowest BCUT2D eigenvalue weighted by Crippen LogP contribution is -2.21. The number of aromatic nitrogens is 1. The lowest BCUT2D eigenvalue weighted by molar-refractivity contribution is -0.386. The van der Waals surface area contributed by atoms with Gasteiger partial charge in [0.2, 0.25) is 0 Å². The van der Waals surface area contributed by atoms with E-state index in [1.807, 2.05) is 0 Å². The van der Waals surface area contributed by atoms with E-state index in [0.717, 1.165) is 5.57 Å². The fourth-order valence-electron chi connectivity index (χ4n) is 1.64. The first-order valence-corrected chi connectivity index (χ1v) is 5.81. The molecule has 1 aliphatic carbocycles.